The van der Waals surface area contributed by atoms with Gasteiger partial charge in [-0.2, -0.15) is 0 Å². The van der Waals surface area contributed by atoms with E-state index in [-0.39, 0.29) is 0 Å². The maximum Gasteiger partial charge on any atom is 0.112 e. The Balaban J connectivity index is 2.58. The molecule has 0 fully saturated rings. The molecule has 2 aromatic rings. The van der Waals surface area contributed by atoms with Crippen molar-refractivity contribution in [3.05, 3.63) is 24.0 Å². The lowest BCUT2D eigenvalue weighted by Crippen LogP contribution is -2.21. The van der Waals surface area contributed by atoms with Gasteiger partial charge in [0.15, 0.2) is 0 Å². The van der Waals surface area contributed by atoms with Crippen LogP contribution in [0.15, 0.2) is 18.2 Å². The Hall–Kier alpha value is -1.51. The largest absolute Gasteiger partial charge is 0.370 e. The monoisotopic (exact) mass is 203 g/mol. The van der Waals surface area contributed by atoms with Crippen LogP contribution in [0.2, 0.25) is 0 Å². The third kappa shape index (κ3) is 1.69. The third-order valence-electron chi connectivity index (χ3n) is 2.71. The van der Waals surface area contributed by atoms with Gasteiger partial charge in [0.2, 0.25) is 0 Å². The van der Waals surface area contributed by atoms with Crippen LogP contribution in [-0.2, 0) is 0 Å². The van der Waals surface area contributed by atoms with Gasteiger partial charge in [-0.05, 0) is 32.9 Å². The summed E-state index contributed by atoms with van der Waals surface area (Å²) in [6, 6.07) is 6.28. The molecule has 0 amide bonds. The molecule has 2 rings (SSSR count). The topological polar surface area (TPSA) is 31.9 Å². The molecule has 1 aromatic heterocycles. The van der Waals surface area contributed by atoms with Crippen LogP contribution in [0.3, 0.4) is 0 Å². The summed E-state index contributed by atoms with van der Waals surface area (Å²) in [6.45, 7) is 8.36. The van der Waals surface area contributed by atoms with Crippen molar-refractivity contribution in [2.45, 2.75) is 20.8 Å². The van der Waals surface area contributed by atoms with Crippen LogP contribution in [0.25, 0.3) is 11.0 Å². The number of aryl methyl sites for hydroxylation is 1. The number of aromatic amines is 1. The summed E-state index contributed by atoms with van der Waals surface area (Å²) >= 11 is 0. The highest BCUT2D eigenvalue weighted by Crippen LogP contribution is 2.24. The van der Waals surface area contributed by atoms with Gasteiger partial charge in [0.05, 0.1) is 11.2 Å². The average molecular weight is 203 g/mol. The van der Waals surface area contributed by atoms with Crippen molar-refractivity contribution >= 4 is 16.7 Å². The zero-order valence-corrected chi connectivity index (χ0v) is 9.54. The van der Waals surface area contributed by atoms with Crippen molar-refractivity contribution < 1.29 is 0 Å². The van der Waals surface area contributed by atoms with E-state index in [9.17, 15) is 0 Å². The molecule has 1 aromatic carbocycles. The number of aromatic nitrogens is 2. The number of hydrogen-bond donors (Lipinski definition) is 1. The summed E-state index contributed by atoms with van der Waals surface area (Å²) in [6.07, 6.45) is 0. The minimum absolute atomic E-state index is 0.976. The lowest BCUT2D eigenvalue weighted by molar-refractivity contribution is 0.869. The van der Waals surface area contributed by atoms with E-state index >= 15 is 0 Å². The van der Waals surface area contributed by atoms with E-state index in [2.05, 4.69) is 46.9 Å². The predicted molar refractivity (Wildman–Crippen MR) is 64.4 cm³/mol. The van der Waals surface area contributed by atoms with Crippen molar-refractivity contribution in [3.63, 3.8) is 0 Å². The molecule has 0 unspecified atom stereocenters. The summed E-state index contributed by atoms with van der Waals surface area (Å²) in [5, 5.41) is 0. The molecule has 0 saturated heterocycles. The van der Waals surface area contributed by atoms with Gasteiger partial charge >= 0.3 is 0 Å². The number of nitrogens with zero attached hydrogens (tertiary/aromatic N) is 2. The molecule has 0 bridgehead atoms. The Labute approximate surface area is 90.1 Å². The molecule has 0 saturated carbocycles. The van der Waals surface area contributed by atoms with E-state index in [1.54, 1.807) is 0 Å². The first kappa shape index (κ1) is 10.0. The van der Waals surface area contributed by atoms with Crippen LogP contribution in [0, 0.1) is 6.92 Å². The number of rotatable bonds is 3. The lowest BCUT2D eigenvalue weighted by atomic mass is 10.2. The molecule has 0 aliphatic rings. The van der Waals surface area contributed by atoms with Crippen LogP contribution in [-0.4, -0.2) is 23.1 Å². The fourth-order valence-electron chi connectivity index (χ4n) is 1.96. The molecular weight excluding hydrogens is 186 g/mol. The van der Waals surface area contributed by atoms with Crippen molar-refractivity contribution in [3.8, 4) is 0 Å². The molecule has 1 heterocycles. The minimum Gasteiger partial charge on any atom is -0.370 e. The van der Waals surface area contributed by atoms with E-state index in [4.69, 9.17) is 0 Å². The predicted octanol–water partition coefficient (Wildman–Crippen LogP) is 2.72. The molecule has 0 atom stereocenters. The van der Waals surface area contributed by atoms with Gasteiger partial charge in [-0.1, -0.05) is 6.07 Å². The molecule has 3 heteroatoms. The summed E-state index contributed by atoms with van der Waals surface area (Å²) in [5.74, 6) is 0.976. The summed E-state index contributed by atoms with van der Waals surface area (Å²) in [4.78, 5) is 10.1. The number of para-hydroxylation sites is 1. The molecular formula is C12H17N3. The first-order chi connectivity index (χ1) is 7.26. The van der Waals surface area contributed by atoms with Crippen molar-refractivity contribution in [2.24, 2.45) is 0 Å². The van der Waals surface area contributed by atoms with Gasteiger partial charge in [-0.3, -0.25) is 0 Å². The molecule has 0 aliphatic carbocycles. The minimum atomic E-state index is 0.976. The molecule has 3 nitrogen and oxygen atoms in total. The van der Waals surface area contributed by atoms with E-state index in [1.165, 1.54) is 5.69 Å². The average Bonchev–Trinajstić information content (AvgIpc) is 2.61. The van der Waals surface area contributed by atoms with Crippen LogP contribution in [0.5, 0.6) is 0 Å². The third-order valence-corrected chi connectivity index (χ3v) is 2.71. The summed E-state index contributed by atoms with van der Waals surface area (Å²) in [5.41, 5.74) is 3.43. The lowest BCUT2D eigenvalue weighted by Gasteiger charge is -2.21. The number of fused-ring (bicyclic) bond motifs is 1. The van der Waals surface area contributed by atoms with E-state index in [1.807, 2.05) is 6.92 Å². The highest BCUT2D eigenvalue weighted by molar-refractivity contribution is 5.88. The molecule has 0 radical (unpaired) electrons. The number of nitrogens with one attached hydrogen (secondary N) is 1. The maximum atomic E-state index is 4.53. The van der Waals surface area contributed by atoms with E-state index in [0.717, 1.165) is 29.9 Å². The van der Waals surface area contributed by atoms with Gasteiger partial charge < -0.3 is 9.88 Å². The van der Waals surface area contributed by atoms with Crippen LogP contribution < -0.4 is 4.90 Å². The summed E-state index contributed by atoms with van der Waals surface area (Å²) in [7, 11) is 0. The fraction of sp³-hybridized carbons (Fsp3) is 0.417. The van der Waals surface area contributed by atoms with Gasteiger partial charge in [-0.15, -0.1) is 0 Å². The van der Waals surface area contributed by atoms with Crippen LogP contribution in [0.1, 0.15) is 19.7 Å². The second-order valence-corrected chi connectivity index (χ2v) is 3.67. The van der Waals surface area contributed by atoms with Gasteiger partial charge in [0.1, 0.15) is 11.3 Å². The Morgan fingerprint density at radius 1 is 1.27 bits per heavy atom. The molecule has 15 heavy (non-hydrogen) atoms. The Bertz CT molecular complexity index is 455. The van der Waals surface area contributed by atoms with Gasteiger partial charge in [0, 0.05) is 13.1 Å². The van der Waals surface area contributed by atoms with Crippen LogP contribution >= 0.6 is 0 Å². The molecule has 1 N–H and O–H groups in total. The normalized spacial score (nSPS) is 10.9. The number of H-pyrrole nitrogens is 1. The highest BCUT2D eigenvalue weighted by Gasteiger charge is 2.09. The standard InChI is InChI=1S/C12H17N3/c1-4-15(5-2)11-8-6-7-10-12(11)14-9(3)13-10/h6-8H,4-5H2,1-3H3,(H,13,14). The van der Waals surface area contributed by atoms with Crippen molar-refractivity contribution in [1.29, 1.82) is 0 Å². The van der Waals surface area contributed by atoms with Gasteiger partial charge in [-0.25, -0.2) is 4.98 Å². The van der Waals surface area contributed by atoms with E-state index < -0.39 is 0 Å². The number of hydrogen-bond acceptors (Lipinski definition) is 2. The molecule has 0 spiro atoms. The second-order valence-electron chi connectivity index (χ2n) is 3.67. The SMILES string of the molecule is CCN(CC)c1cccc2[nH]c(C)nc12. The maximum absolute atomic E-state index is 4.53. The summed E-state index contributed by atoms with van der Waals surface area (Å²) < 4.78 is 0. The molecule has 80 valence electrons. The number of benzene rings is 1. The van der Waals surface area contributed by atoms with Gasteiger partial charge in [0.25, 0.3) is 0 Å². The Kier molecular flexibility index (Phi) is 2.62. The quantitative estimate of drug-likeness (QED) is 0.831. The first-order valence-electron chi connectivity index (χ1n) is 5.46. The number of imidazole rings is 1. The zero-order chi connectivity index (χ0) is 10.8. The highest BCUT2D eigenvalue weighted by atomic mass is 15.1. The Morgan fingerprint density at radius 3 is 2.67 bits per heavy atom. The first-order valence-corrected chi connectivity index (χ1v) is 5.46. The van der Waals surface area contributed by atoms with Crippen LogP contribution in [0.4, 0.5) is 5.69 Å². The smallest absolute Gasteiger partial charge is 0.112 e. The van der Waals surface area contributed by atoms with Crippen molar-refractivity contribution in [2.75, 3.05) is 18.0 Å². The zero-order valence-electron chi connectivity index (χ0n) is 9.54. The van der Waals surface area contributed by atoms with E-state index in [0.29, 0.717) is 0 Å². The molecule has 0 aliphatic heterocycles. The van der Waals surface area contributed by atoms with Crippen molar-refractivity contribution in [1.82, 2.24) is 9.97 Å². The Morgan fingerprint density at radius 2 is 2.00 bits per heavy atom. The fourth-order valence-corrected chi connectivity index (χ4v) is 1.96. The number of anilines is 1. The second kappa shape index (κ2) is 3.93.